The molecule has 2 aromatic rings. The van der Waals surface area contributed by atoms with E-state index in [0.29, 0.717) is 6.41 Å². The van der Waals surface area contributed by atoms with Crippen LogP contribution in [0.3, 0.4) is 0 Å². The molecule has 2 N–H and O–H groups in total. The first-order valence-electron chi connectivity index (χ1n) is 11.1. The molecule has 0 saturated heterocycles. The van der Waals surface area contributed by atoms with Gasteiger partial charge in [-0.05, 0) is 43.5 Å². The molecular weight excluding hydrogens is 540 g/mol. The summed E-state index contributed by atoms with van der Waals surface area (Å²) in [5.41, 5.74) is -0.776. The van der Waals surface area contributed by atoms with Gasteiger partial charge in [0, 0.05) is 11.6 Å². The Bertz CT molecular complexity index is 1210. The van der Waals surface area contributed by atoms with Crippen molar-refractivity contribution < 1.29 is 44.3 Å². The lowest BCUT2D eigenvalue weighted by atomic mass is 10.1. The van der Waals surface area contributed by atoms with Gasteiger partial charge in [-0.1, -0.05) is 30.3 Å². The van der Waals surface area contributed by atoms with Crippen molar-refractivity contribution >= 4 is 16.2 Å². The topological polar surface area (TPSA) is 108 Å². The molecule has 1 saturated carbocycles. The van der Waals surface area contributed by atoms with E-state index in [1.54, 1.807) is 0 Å². The minimum Gasteiger partial charge on any atom is -0.435 e. The zero-order valence-corrected chi connectivity index (χ0v) is 20.8. The van der Waals surface area contributed by atoms with Gasteiger partial charge in [0.1, 0.15) is 23.1 Å². The molecule has 208 valence electrons. The van der Waals surface area contributed by atoms with Gasteiger partial charge in [-0.3, -0.25) is 10.1 Å². The van der Waals surface area contributed by atoms with E-state index in [1.165, 1.54) is 31.2 Å². The van der Waals surface area contributed by atoms with E-state index in [2.05, 4.69) is 15.4 Å². The van der Waals surface area contributed by atoms with Gasteiger partial charge in [-0.15, -0.1) is 0 Å². The molecule has 0 heterocycles. The van der Waals surface area contributed by atoms with Crippen molar-refractivity contribution in [2.75, 3.05) is 5.75 Å². The summed E-state index contributed by atoms with van der Waals surface area (Å²) in [5.74, 6) is -2.41. The minimum atomic E-state index is -4.76. The van der Waals surface area contributed by atoms with Crippen LogP contribution in [0.1, 0.15) is 36.9 Å². The monoisotopic (exact) mass is 565 g/mol. The molecule has 0 spiro atoms. The largest absolute Gasteiger partial charge is 0.435 e. The first-order chi connectivity index (χ1) is 17.7. The number of hydrogen-bond acceptors (Lipinski definition) is 6. The van der Waals surface area contributed by atoms with Gasteiger partial charge in [0.25, 0.3) is 0 Å². The van der Waals surface area contributed by atoms with Crippen LogP contribution in [-0.4, -0.2) is 44.9 Å². The van der Waals surface area contributed by atoms with Crippen LogP contribution < -0.4 is 15.4 Å². The third-order valence-electron chi connectivity index (χ3n) is 5.35. The van der Waals surface area contributed by atoms with E-state index in [-0.39, 0.29) is 16.9 Å². The second kappa shape index (κ2) is 13.0. The SMILES string of the molecule is CC(CS(=O)(=O)Cc1ccccc1OC(F)F)NC(c1ccc(F)cc1)C(F)(F)F.N#CC1(NC=O)CC1. The molecule has 1 fully saturated rings. The number of carbonyl (C=O) groups is 1. The Balaban J connectivity index is 0.000000538. The molecule has 2 aromatic carbocycles. The van der Waals surface area contributed by atoms with Crippen LogP contribution in [0.4, 0.5) is 26.3 Å². The molecule has 0 aromatic heterocycles. The number of sulfone groups is 1. The molecule has 1 aliphatic carbocycles. The number of rotatable bonds is 11. The maximum Gasteiger partial charge on any atom is 0.407 e. The van der Waals surface area contributed by atoms with Crippen LogP contribution in [0.2, 0.25) is 0 Å². The standard InChI is InChI=1S/C19H19F6NO3S.C5H6N2O/c1-12(26-17(19(23,24)25)13-6-8-15(20)9-7-13)10-30(27,28)11-14-4-2-3-5-16(14)29-18(21)22;6-3-5(1-2-5)7-4-8/h2-9,12,17-18,26H,10-11H2,1H3;4H,1-2H2,(H,7,8). The molecule has 38 heavy (non-hydrogen) atoms. The van der Waals surface area contributed by atoms with Crippen LogP contribution in [0, 0.1) is 17.1 Å². The third-order valence-corrected chi connectivity index (χ3v) is 7.11. The molecule has 0 radical (unpaired) electrons. The van der Waals surface area contributed by atoms with Crippen LogP contribution in [0.25, 0.3) is 0 Å². The Hall–Kier alpha value is -3.31. The zero-order valence-electron chi connectivity index (χ0n) is 20.0. The summed E-state index contributed by atoms with van der Waals surface area (Å²) in [6.07, 6.45) is -2.56. The van der Waals surface area contributed by atoms with Gasteiger partial charge in [0.2, 0.25) is 6.41 Å². The Morgan fingerprint density at radius 1 is 1.13 bits per heavy atom. The Kier molecular flexibility index (Phi) is 10.5. The normalized spacial score (nSPS) is 15.9. The fourth-order valence-corrected chi connectivity index (χ4v) is 5.09. The van der Waals surface area contributed by atoms with Crippen LogP contribution >= 0.6 is 0 Å². The first kappa shape index (κ1) is 30.9. The number of ether oxygens (including phenoxy) is 1. The molecule has 3 rings (SSSR count). The lowest BCUT2D eigenvalue weighted by Gasteiger charge is -2.26. The molecule has 2 atom stereocenters. The fraction of sp³-hybridized carbons (Fsp3) is 0.417. The van der Waals surface area contributed by atoms with Gasteiger partial charge >= 0.3 is 12.8 Å². The van der Waals surface area contributed by atoms with Crippen molar-refractivity contribution in [2.45, 2.75) is 55.9 Å². The average molecular weight is 566 g/mol. The number of benzene rings is 2. The van der Waals surface area contributed by atoms with Crippen molar-refractivity contribution in [1.82, 2.24) is 10.6 Å². The average Bonchev–Trinajstić information content (AvgIpc) is 3.59. The zero-order chi connectivity index (χ0) is 28.6. The van der Waals surface area contributed by atoms with Gasteiger partial charge in [0.15, 0.2) is 9.84 Å². The molecule has 0 bridgehead atoms. The molecular formula is C24H25F6N3O4S. The second-order valence-electron chi connectivity index (χ2n) is 8.59. The molecule has 0 aliphatic heterocycles. The van der Waals surface area contributed by atoms with Crippen molar-refractivity contribution in [2.24, 2.45) is 0 Å². The first-order valence-corrected chi connectivity index (χ1v) is 13.0. The molecule has 1 aliphatic rings. The number of nitrogens with zero attached hydrogens (tertiary/aromatic N) is 1. The van der Waals surface area contributed by atoms with E-state index in [9.17, 15) is 39.6 Å². The van der Waals surface area contributed by atoms with E-state index < -0.39 is 57.6 Å². The summed E-state index contributed by atoms with van der Waals surface area (Å²) in [6.45, 7) is -1.90. The highest BCUT2D eigenvalue weighted by Crippen LogP contribution is 2.34. The smallest absolute Gasteiger partial charge is 0.407 e. The van der Waals surface area contributed by atoms with E-state index >= 15 is 0 Å². The molecule has 1 amide bonds. The number of nitriles is 1. The van der Waals surface area contributed by atoms with Crippen LogP contribution in [0.5, 0.6) is 5.75 Å². The lowest BCUT2D eigenvalue weighted by molar-refractivity contribution is -0.159. The fourth-order valence-electron chi connectivity index (χ4n) is 3.40. The number of alkyl halides is 5. The Morgan fingerprint density at radius 3 is 2.21 bits per heavy atom. The maximum absolute atomic E-state index is 13.4. The number of amides is 1. The molecule has 2 unspecified atom stereocenters. The summed E-state index contributed by atoms with van der Waals surface area (Å²) in [5, 5.41) is 13.0. The third kappa shape index (κ3) is 9.86. The highest BCUT2D eigenvalue weighted by Gasteiger charge is 2.43. The van der Waals surface area contributed by atoms with E-state index in [1.807, 2.05) is 6.07 Å². The number of para-hydroxylation sites is 1. The van der Waals surface area contributed by atoms with Gasteiger partial charge in [0.05, 0.1) is 17.6 Å². The summed E-state index contributed by atoms with van der Waals surface area (Å²) >= 11 is 0. The van der Waals surface area contributed by atoms with Gasteiger partial charge in [-0.25, -0.2) is 12.8 Å². The molecule has 7 nitrogen and oxygen atoms in total. The van der Waals surface area contributed by atoms with Crippen molar-refractivity contribution in [3.63, 3.8) is 0 Å². The summed E-state index contributed by atoms with van der Waals surface area (Å²) in [6, 6.07) is 7.59. The van der Waals surface area contributed by atoms with Crippen LogP contribution in [-0.2, 0) is 20.4 Å². The van der Waals surface area contributed by atoms with E-state index in [0.717, 1.165) is 37.1 Å². The molecule has 14 heteroatoms. The quantitative estimate of drug-likeness (QED) is 0.309. The Morgan fingerprint density at radius 2 is 1.74 bits per heavy atom. The van der Waals surface area contributed by atoms with Gasteiger partial charge < -0.3 is 10.1 Å². The van der Waals surface area contributed by atoms with Crippen molar-refractivity contribution in [1.29, 1.82) is 5.26 Å². The van der Waals surface area contributed by atoms with E-state index in [4.69, 9.17) is 5.26 Å². The number of nitrogens with one attached hydrogen (secondary N) is 2. The summed E-state index contributed by atoms with van der Waals surface area (Å²) < 4.78 is 107. The van der Waals surface area contributed by atoms with Crippen LogP contribution in [0.15, 0.2) is 48.5 Å². The number of carbonyl (C=O) groups excluding carboxylic acids is 1. The summed E-state index contributed by atoms with van der Waals surface area (Å²) in [7, 11) is -3.99. The van der Waals surface area contributed by atoms with Crippen molar-refractivity contribution in [3.8, 4) is 11.8 Å². The second-order valence-corrected chi connectivity index (χ2v) is 10.7. The van der Waals surface area contributed by atoms with Gasteiger partial charge in [-0.2, -0.15) is 27.2 Å². The highest BCUT2D eigenvalue weighted by atomic mass is 32.2. The lowest BCUT2D eigenvalue weighted by Crippen LogP contribution is -2.42. The van der Waals surface area contributed by atoms with Crippen molar-refractivity contribution in [3.05, 3.63) is 65.5 Å². The Labute approximate surface area is 215 Å². The highest BCUT2D eigenvalue weighted by molar-refractivity contribution is 7.90. The number of halogens is 6. The number of hydrogen-bond donors (Lipinski definition) is 2. The predicted molar refractivity (Wildman–Crippen MR) is 125 cm³/mol. The predicted octanol–water partition coefficient (Wildman–Crippen LogP) is 4.41. The maximum atomic E-state index is 13.4. The summed E-state index contributed by atoms with van der Waals surface area (Å²) in [4.78, 5) is 9.76. The minimum absolute atomic E-state index is 0.0316.